The van der Waals surface area contributed by atoms with Crippen molar-refractivity contribution < 1.29 is 26.7 Å². The average Bonchev–Trinajstić information content (AvgIpc) is 2.74. The summed E-state index contributed by atoms with van der Waals surface area (Å²) >= 11 is 0. The van der Waals surface area contributed by atoms with Crippen LogP contribution in [0.3, 0.4) is 0 Å². The molecular weight excluding hydrogens is 432 g/mol. The molecule has 0 aliphatic carbocycles. The van der Waals surface area contributed by atoms with Gasteiger partial charge in [0.1, 0.15) is 28.5 Å². The summed E-state index contributed by atoms with van der Waals surface area (Å²) < 4.78 is 60.3. The van der Waals surface area contributed by atoms with Crippen molar-refractivity contribution in [2.45, 2.75) is 23.3 Å². The molecule has 3 aliphatic rings. The van der Waals surface area contributed by atoms with Gasteiger partial charge in [0, 0.05) is 37.5 Å². The third kappa shape index (κ3) is 3.55. The molecule has 1 amide bonds. The van der Waals surface area contributed by atoms with E-state index in [1.165, 1.54) is 25.3 Å². The highest BCUT2D eigenvalue weighted by Gasteiger charge is 2.55. The lowest BCUT2D eigenvalue weighted by Crippen LogP contribution is -2.61. The van der Waals surface area contributed by atoms with Crippen LogP contribution in [-0.4, -0.2) is 56.1 Å². The first-order valence-corrected chi connectivity index (χ1v) is 11.0. The molecule has 0 saturated carbocycles. The van der Waals surface area contributed by atoms with Crippen molar-refractivity contribution >= 4 is 27.6 Å². The Morgan fingerprint density at radius 2 is 2.19 bits per heavy atom. The monoisotopic (exact) mass is 453 g/mol. The topological polar surface area (TPSA) is 126 Å². The minimum Gasteiger partial charge on any atom is -0.380 e. The van der Waals surface area contributed by atoms with Gasteiger partial charge in [0.15, 0.2) is 0 Å². The number of anilines is 1. The minimum atomic E-state index is -3.96. The molecule has 0 radical (unpaired) electrons. The molecule has 3 aliphatic heterocycles. The van der Waals surface area contributed by atoms with Crippen molar-refractivity contribution in [3.63, 3.8) is 0 Å². The van der Waals surface area contributed by atoms with Crippen molar-refractivity contribution in [1.82, 2.24) is 9.62 Å². The van der Waals surface area contributed by atoms with Gasteiger partial charge in [-0.25, -0.2) is 26.5 Å². The maximum Gasteiger partial charge on any atom is 0.250 e. The SMILES string of the molecule is CN1C(N)=N[C@@]2(c3cc(NC(=O)C4C=CC(F)=CN4)ccc3F)CCOCC2S1(=O)=O. The van der Waals surface area contributed by atoms with Gasteiger partial charge in [-0.2, -0.15) is 0 Å². The molecular formula is C19H21F2N5O4S. The molecule has 1 aromatic rings. The Hall–Kier alpha value is -2.99. The van der Waals surface area contributed by atoms with E-state index >= 15 is 0 Å². The average molecular weight is 453 g/mol. The number of nitrogens with one attached hydrogen (secondary N) is 2. The Morgan fingerprint density at radius 1 is 1.42 bits per heavy atom. The molecule has 1 saturated heterocycles. The number of halogens is 2. The zero-order valence-electron chi connectivity index (χ0n) is 16.5. The number of aliphatic imine (C=N–C) groups is 1. The zero-order chi connectivity index (χ0) is 22.4. The second-order valence-electron chi connectivity index (χ2n) is 7.44. The smallest absolute Gasteiger partial charge is 0.250 e. The molecule has 0 bridgehead atoms. The second-order valence-corrected chi connectivity index (χ2v) is 9.58. The fraction of sp³-hybridized carbons (Fsp3) is 0.368. The molecule has 1 fully saturated rings. The number of nitrogens with zero attached hydrogens (tertiary/aromatic N) is 2. The van der Waals surface area contributed by atoms with Crippen molar-refractivity contribution in [3.05, 3.63) is 53.8 Å². The molecule has 12 heteroatoms. The predicted molar refractivity (Wildman–Crippen MR) is 109 cm³/mol. The van der Waals surface area contributed by atoms with E-state index in [1.54, 1.807) is 0 Å². The number of carbonyl (C=O) groups excluding carboxylic acids is 1. The van der Waals surface area contributed by atoms with Crippen LogP contribution in [0.15, 0.2) is 47.4 Å². The van der Waals surface area contributed by atoms with Crippen LogP contribution in [0.2, 0.25) is 0 Å². The predicted octanol–water partition coefficient (Wildman–Crippen LogP) is 0.677. The lowest BCUT2D eigenvalue weighted by Gasteiger charge is -2.45. The summed E-state index contributed by atoms with van der Waals surface area (Å²) in [5, 5.41) is 4.04. The quantitative estimate of drug-likeness (QED) is 0.618. The Kier molecular flexibility index (Phi) is 5.21. The summed E-state index contributed by atoms with van der Waals surface area (Å²) in [6.07, 6.45) is 3.66. The van der Waals surface area contributed by atoms with E-state index in [1.807, 2.05) is 0 Å². The molecule has 0 spiro atoms. The number of amides is 1. The van der Waals surface area contributed by atoms with Gasteiger partial charge in [0.05, 0.1) is 6.61 Å². The number of hydrogen-bond acceptors (Lipinski definition) is 7. The van der Waals surface area contributed by atoms with E-state index in [0.717, 1.165) is 22.6 Å². The number of hydrogen-bond donors (Lipinski definition) is 3. The zero-order valence-corrected chi connectivity index (χ0v) is 17.3. The minimum absolute atomic E-state index is 0.00342. The lowest BCUT2D eigenvalue weighted by molar-refractivity contribution is -0.116. The number of sulfonamides is 1. The van der Waals surface area contributed by atoms with Gasteiger partial charge in [-0.1, -0.05) is 0 Å². The van der Waals surface area contributed by atoms with E-state index in [0.29, 0.717) is 0 Å². The van der Waals surface area contributed by atoms with Crippen LogP contribution in [0.5, 0.6) is 0 Å². The van der Waals surface area contributed by atoms with Gasteiger partial charge in [-0.05, 0) is 30.4 Å². The molecule has 31 heavy (non-hydrogen) atoms. The standard InChI is InChI=1S/C19H21F2N5O4S/c1-26-18(22)25-19(6-7-30-10-16(19)31(26,28)29)13-8-12(3-4-14(13)21)24-17(27)15-5-2-11(20)9-23-15/h2-5,8-9,15-16,23H,6-7,10H2,1H3,(H2,22,25)(H,24,27)/t15?,16?,19-/m1/s1. The van der Waals surface area contributed by atoms with Crippen LogP contribution < -0.4 is 16.4 Å². The third-order valence-corrected chi connectivity index (χ3v) is 7.83. The fourth-order valence-corrected chi connectivity index (χ4v) is 5.66. The van der Waals surface area contributed by atoms with Crippen LogP contribution >= 0.6 is 0 Å². The highest BCUT2D eigenvalue weighted by atomic mass is 32.2. The van der Waals surface area contributed by atoms with Gasteiger partial charge in [0.25, 0.3) is 5.91 Å². The molecule has 9 nitrogen and oxygen atoms in total. The van der Waals surface area contributed by atoms with Crippen molar-refractivity contribution in [1.29, 1.82) is 0 Å². The van der Waals surface area contributed by atoms with E-state index in [2.05, 4.69) is 15.6 Å². The highest BCUT2D eigenvalue weighted by molar-refractivity contribution is 7.90. The molecule has 3 atom stereocenters. The van der Waals surface area contributed by atoms with Crippen LogP contribution in [0, 0.1) is 5.82 Å². The first-order valence-electron chi connectivity index (χ1n) is 9.47. The Morgan fingerprint density at radius 3 is 2.90 bits per heavy atom. The number of guanidine groups is 1. The van der Waals surface area contributed by atoms with Gasteiger partial charge in [0.2, 0.25) is 16.0 Å². The third-order valence-electron chi connectivity index (χ3n) is 5.64. The van der Waals surface area contributed by atoms with Crippen molar-refractivity contribution in [2.75, 3.05) is 25.6 Å². The highest BCUT2D eigenvalue weighted by Crippen LogP contribution is 2.44. The van der Waals surface area contributed by atoms with Crippen LogP contribution in [0.25, 0.3) is 0 Å². The fourth-order valence-electron chi connectivity index (χ4n) is 3.92. The number of fused-ring (bicyclic) bond motifs is 1. The van der Waals surface area contributed by atoms with Gasteiger partial charge < -0.3 is 21.1 Å². The number of ether oxygens (including phenoxy) is 1. The van der Waals surface area contributed by atoms with E-state index < -0.39 is 44.4 Å². The number of allylic oxidation sites excluding steroid dienone is 2. The summed E-state index contributed by atoms with van der Waals surface area (Å²) in [4.78, 5) is 16.9. The second kappa shape index (κ2) is 7.61. The largest absolute Gasteiger partial charge is 0.380 e. The first kappa shape index (κ1) is 21.2. The van der Waals surface area contributed by atoms with Crippen LogP contribution in [0.1, 0.15) is 12.0 Å². The summed E-state index contributed by atoms with van der Waals surface area (Å²) in [6, 6.07) is 3.01. The molecule has 4 N–H and O–H groups in total. The maximum absolute atomic E-state index is 15.0. The van der Waals surface area contributed by atoms with Gasteiger partial charge >= 0.3 is 0 Å². The number of benzene rings is 1. The summed E-state index contributed by atoms with van der Waals surface area (Å²) in [5.41, 5.74) is 4.61. The van der Waals surface area contributed by atoms with E-state index in [9.17, 15) is 22.0 Å². The molecule has 166 valence electrons. The van der Waals surface area contributed by atoms with Crippen LogP contribution in [-0.2, 0) is 25.1 Å². The van der Waals surface area contributed by atoms with Gasteiger partial charge in [-0.3, -0.25) is 4.79 Å². The van der Waals surface area contributed by atoms with Crippen LogP contribution in [0.4, 0.5) is 14.5 Å². The maximum atomic E-state index is 15.0. The molecule has 4 rings (SSSR count). The molecule has 1 aromatic carbocycles. The Bertz CT molecular complexity index is 1120. The van der Waals surface area contributed by atoms with Gasteiger partial charge in [-0.15, -0.1) is 0 Å². The molecule has 0 aromatic heterocycles. The summed E-state index contributed by atoms with van der Waals surface area (Å²) in [7, 11) is -2.68. The van der Waals surface area contributed by atoms with Crippen molar-refractivity contribution in [3.8, 4) is 0 Å². The number of nitrogens with two attached hydrogens (primary N) is 1. The summed E-state index contributed by atoms with van der Waals surface area (Å²) in [6.45, 7) is -0.00854. The number of carbonyl (C=O) groups is 1. The van der Waals surface area contributed by atoms with E-state index in [-0.39, 0.29) is 36.8 Å². The molecule has 3 heterocycles. The first-order chi connectivity index (χ1) is 14.6. The van der Waals surface area contributed by atoms with Crippen molar-refractivity contribution in [2.24, 2.45) is 10.7 Å². The normalized spacial score (nSPS) is 29.3. The van der Waals surface area contributed by atoms with E-state index in [4.69, 9.17) is 10.5 Å². The Labute approximate surface area is 177 Å². The number of dihydropyridines is 1. The lowest BCUT2D eigenvalue weighted by atomic mass is 9.82. The molecule has 2 unspecified atom stereocenters. The Balaban J connectivity index is 1.72. The number of rotatable bonds is 3. The summed E-state index contributed by atoms with van der Waals surface area (Å²) in [5.74, 6) is -1.95.